The standard InChI is InChI=1S/C13H24O/c1-10-5-12(6-11(2)9-14)8-13(3,4)7-10/h6,10,12,14H,5,7-9H2,1-4H3. The third kappa shape index (κ3) is 3.45. The topological polar surface area (TPSA) is 20.2 Å². The molecule has 14 heavy (non-hydrogen) atoms. The van der Waals surface area contributed by atoms with Gasteiger partial charge in [0, 0.05) is 0 Å². The van der Waals surface area contributed by atoms with Gasteiger partial charge in [0.1, 0.15) is 0 Å². The number of allylic oxidation sites excluding steroid dienone is 1. The normalized spacial score (nSPS) is 33.1. The highest BCUT2D eigenvalue weighted by atomic mass is 16.3. The molecule has 0 heterocycles. The third-order valence-electron chi connectivity index (χ3n) is 3.19. The second kappa shape index (κ2) is 4.48. The first-order valence-corrected chi connectivity index (χ1v) is 5.71. The van der Waals surface area contributed by atoms with Crippen LogP contribution in [0.1, 0.15) is 47.0 Å². The van der Waals surface area contributed by atoms with E-state index in [4.69, 9.17) is 5.11 Å². The van der Waals surface area contributed by atoms with Crippen LogP contribution in [0.25, 0.3) is 0 Å². The molecule has 1 rings (SSSR count). The van der Waals surface area contributed by atoms with Crippen LogP contribution in [0.2, 0.25) is 0 Å². The van der Waals surface area contributed by atoms with Crippen molar-refractivity contribution in [1.82, 2.24) is 0 Å². The lowest BCUT2D eigenvalue weighted by Crippen LogP contribution is -2.26. The summed E-state index contributed by atoms with van der Waals surface area (Å²) in [6.45, 7) is 9.29. The average Bonchev–Trinajstić information content (AvgIpc) is 1.99. The van der Waals surface area contributed by atoms with E-state index in [-0.39, 0.29) is 6.61 Å². The first-order chi connectivity index (χ1) is 6.43. The lowest BCUT2D eigenvalue weighted by Gasteiger charge is -2.38. The van der Waals surface area contributed by atoms with Crippen molar-refractivity contribution >= 4 is 0 Å². The summed E-state index contributed by atoms with van der Waals surface area (Å²) >= 11 is 0. The van der Waals surface area contributed by atoms with E-state index in [1.807, 2.05) is 6.92 Å². The number of rotatable bonds is 2. The van der Waals surface area contributed by atoms with Crippen molar-refractivity contribution < 1.29 is 5.11 Å². The molecule has 0 aromatic rings. The van der Waals surface area contributed by atoms with Gasteiger partial charge in [-0.25, -0.2) is 0 Å². The van der Waals surface area contributed by atoms with Gasteiger partial charge in [-0.05, 0) is 43.4 Å². The zero-order valence-corrected chi connectivity index (χ0v) is 10.0. The molecule has 1 fully saturated rings. The van der Waals surface area contributed by atoms with Gasteiger partial charge in [-0.1, -0.05) is 32.4 Å². The van der Waals surface area contributed by atoms with Gasteiger partial charge in [-0.2, -0.15) is 0 Å². The minimum atomic E-state index is 0.214. The van der Waals surface area contributed by atoms with Crippen molar-refractivity contribution in [2.45, 2.75) is 47.0 Å². The molecule has 2 atom stereocenters. The minimum absolute atomic E-state index is 0.214. The second-order valence-electron chi connectivity index (χ2n) is 5.84. The van der Waals surface area contributed by atoms with Crippen molar-refractivity contribution in [2.75, 3.05) is 6.61 Å². The predicted molar refractivity (Wildman–Crippen MR) is 61.1 cm³/mol. The average molecular weight is 196 g/mol. The smallest absolute Gasteiger partial charge is 0.0639 e. The molecule has 2 unspecified atom stereocenters. The summed E-state index contributed by atoms with van der Waals surface area (Å²) in [7, 11) is 0. The summed E-state index contributed by atoms with van der Waals surface area (Å²) in [6, 6.07) is 0. The molecule has 1 aliphatic carbocycles. The molecule has 82 valence electrons. The highest BCUT2D eigenvalue weighted by Crippen LogP contribution is 2.42. The van der Waals surface area contributed by atoms with E-state index < -0.39 is 0 Å². The monoisotopic (exact) mass is 196 g/mol. The van der Waals surface area contributed by atoms with Gasteiger partial charge in [0.25, 0.3) is 0 Å². The zero-order valence-electron chi connectivity index (χ0n) is 10.0. The van der Waals surface area contributed by atoms with E-state index in [2.05, 4.69) is 26.8 Å². The van der Waals surface area contributed by atoms with Crippen molar-refractivity contribution in [2.24, 2.45) is 17.3 Å². The van der Waals surface area contributed by atoms with Crippen LogP contribution in [-0.4, -0.2) is 11.7 Å². The fourth-order valence-corrected chi connectivity index (χ4v) is 3.00. The minimum Gasteiger partial charge on any atom is -0.392 e. The molecular formula is C13H24O. The molecule has 0 radical (unpaired) electrons. The summed E-state index contributed by atoms with van der Waals surface area (Å²) in [4.78, 5) is 0. The van der Waals surface area contributed by atoms with E-state index in [0.29, 0.717) is 11.3 Å². The largest absolute Gasteiger partial charge is 0.392 e. The second-order valence-corrected chi connectivity index (χ2v) is 5.84. The Bertz CT molecular complexity index is 215. The molecule has 1 N–H and O–H groups in total. The maximum Gasteiger partial charge on any atom is 0.0639 e. The summed E-state index contributed by atoms with van der Waals surface area (Å²) < 4.78 is 0. The molecule has 0 aromatic carbocycles. The molecule has 1 aliphatic rings. The Morgan fingerprint density at radius 1 is 1.43 bits per heavy atom. The van der Waals surface area contributed by atoms with Gasteiger partial charge in [0.05, 0.1) is 6.61 Å². The lowest BCUT2D eigenvalue weighted by atomic mass is 9.68. The van der Waals surface area contributed by atoms with Crippen LogP contribution >= 0.6 is 0 Å². The molecule has 0 saturated heterocycles. The van der Waals surface area contributed by atoms with E-state index in [0.717, 1.165) is 11.5 Å². The fraction of sp³-hybridized carbons (Fsp3) is 0.846. The summed E-state index contributed by atoms with van der Waals surface area (Å²) in [5, 5.41) is 8.99. The molecule has 0 aliphatic heterocycles. The molecular weight excluding hydrogens is 172 g/mol. The Hall–Kier alpha value is -0.300. The predicted octanol–water partition coefficient (Wildman–Crippen LogP) is 3.39. The molecule has 1 heteroatoms. The Labute approximate surface area is 88.2 Å². The Morgan fingerprint density at radius 3 is 2.57 bits per heavy atom. The van der Waals surface area contributed by atoms with Crippen LogP contribution in [-0.2, 0) is 0 Å². The van der Waals surface area contributed by atoms with E-state index >= 15 is 0 Å². The summed E-state index contributed by atoms with van der Waals surface area (Å²) in [5.74, 6) is 1.51. The van der Waals surface area contributed by atoms with Crippen LogP contribution in [0.15, 0.2) is 11.6 Å². The first kappa shape index (κ1) is 11.8. The highest BCUT2D eigenvalue weighted by molar-refractivity contribution is 5.03. The van der Waals surface area contributed by atoms with Crippen molar-refractivity contribution in [3.8, 4) is 0 Å². The van der Waals surface area contributed by atoms with Gasteiger partial charge in [-0.15, -0.1) is 0 Å². The quantitative estimate of drug-likeness (QED) is 0.671. The number of hydrogen-bond donors (Lipinski definition) is 1. The van der Waals surface area contributed by atoms with E-state index in [1.165, 1.54) is 19.3 Å². The van der Waals surface area contributed by atoms with Crippen LogP contribution in [0.5, 0.6) is 0 Å². The van der Waals surface area contributed by atoms with Crippen LogP contribution in [0.4, 0.5) is 0 Å². The first-order valence-electron chi connectivity index (χ1n) is 5.71. The third-order valence-corrected chi connectivity index (χ3v) is 3.19. The van der Waals surface area contributed by atoms with Crippen LogP contribution < -0.4 is 0 Å². The van der Waals surface area contributed by atoms with Crippen molar-refractivity contribution in [3.05, 3.63) is 11.6 Å². The highest BCUT2D eigenvalue weighted by Gasteiger charge is 2.30. The van der Waals surface area contributed by atoms with E-state index in [9.17, 15) is 0 Å². The van der Waals surface area contributed by atoms with Crippen LogP contribution in [0.3, 0.4) is 0 Å². The fourth-order valence-electron chi connectivity index (χ4n) is 3.00. The maximum atomic E-state index is 8.99. The Kier molecular flexibility index (Phi) is 3.77. The summed E-state index contributed by atoms with van der Waals surface area (Å²) in [6.07, 6.45) is 6.18. The number of hydrogen-bond acceptors (Lipinski definition) is 1. The van der Waals surface area contributed by atoms with Gasteiger partial charge >= 0.3 is 0 Å². The zero-order chi connectivity index (χ0) is 10.8. The molecule has 0 spiro atoms. The number of aliphatic hydroxyl groups is 1. The van der Waals surface area contributed by atoms with E-state index in [1.54, 1.807) is 0 Å². The van der Waals surface area contributed by atoms with Gasteiger partial charge in [0.2, 0.25) is 0 Å². The van der Waals surface area contributed by atoms with Gasteiger partial charge in [-0.3, -0.25) is 0 Å². The van der Waals surface area contributed by atoms with Crippen molar-refractivity contribution in [1.29, 1.82) is 0 Å². The van der Waals surface area contributed by atoms with Crippen molar-refractivity contribution in [3.63, 3.8) is 0 Å². The van der Waals surface area contributed by atoms with Gasteiger partial charge < -0.3 is 5.11 Å². The molecule has 0 bridgehead atoms. The molecule has 0 amide bonds. The maximum absolute atomic E-state index is 8.99. The van der Waals surface area contributed by atoms with Crippen LogP contribution in [0, 0.1) is 17.3 Å². The molecule has 0 aromatic heterocycles. The SMILES string of the molecule is CC(=CC1CC(C)CC(C)(C)C1)CO. The summed E-state index contributed by atoms with van der Waals surface area (Å²) in [5.41, 5.74) is 1.61. The number of aliphatic hydroxyl groups excluding tert-OH is 1. The molecule has 1 saturated carbocycles. The lowest BCUT2D eigenvalue weighted by molar-refractivity contribution is 0.155. The van der Waals surface area contributed by atoms with Gasteiger partial charge in [0.15, 0.2) is 0 Å². The Balaban J connectivity index is 2.63. The Morgan fingerprint density at radius 2 is 2.07 bits per heavy atom. The molecule has 1 nitrogen and oxygen atoms in total.